The van der Waals surface area contributed by atoms with Gasteiger partial charge in [-0.3, -0.25) is 0 Å². The summed E-state index contributed by atoms with van der Waals surface area (Å²) < 4.78 is 6.47. The van der Waals surface area contributed by atoms with E-state index in [1.807, 2.05) is 43.3 Å². The molecule has 0 aliphatic heterocycles. The van der Waals surface area contributed by atoms with E-state index in [-0.39, 0.29) is 0 Å². The van der Waals surface area contributed by atoms with Crippen LogP contribution < -0.4 is 4.74 Å². The second kappa shape index (κ2) is 7.44. The Morgan fingerprint density at radius 3 is 2.30 bits per heavy atom. The van der Waals surface area contributed by atoms with Crippen LogP contribution in [0.2, 0.25) is 0 Å². The van der Waals surface area contributed by atoms with Gasteiger partial charge in [-0.25, -0.2) is 9.67 Å². The third-order valence-corrected chi connectivity index (χ3v) is 3.07. The van der Waals surface area contributed by atoms with Gasteiger partial charge in [0.05, 0.1) is 5.69 Å². The van der Waals surface area contributed by atoms with E-state index >= 15 is 0 Å². The first kappa shape index (κ1) is 15.8. The molecule has 112 valence electrons. The van der Waals surface area contributed by atoms with E-state index < -0.39 is 0 Å². The van der Waals surface area contributed by atoms with Gasteiger partial charge in [0, 0.05) is 5.56 Å². The molecule has 0 N–H and O–H groups in total. The minimum Gasteiger partial charge on any atom is -0.388 e. The third kappa shape index (κ3) is 3.75. The minimum absolute atomic E-state index is 0.499. The molecule has 3 aromatic rings. The van der Waals surface area contributed by atoms with Crippen molar-refractivity contribution in [2.75, 3.05) is 0 Å². The normalized spacial score (nSPS) is 9.30. The van der Waals surface area contributed by atoms with Gasteiger partial charge in [-0.2, -0.15) is 0 Å². The maximum Gasteiger partial charge on any atom is 0.292 e. The summed E-state index contributed by atoms with van der Waals surface area (Å²) in [6.45, 7) is 2.04. The highest BCUT2D eigenvalue weighted by Gasteiger charge is 2.06. The van der Waals surface area contributed by atoms with E-state index in [2.05, 4.69) is 22.9 Å². The molecule has 0 saturated heterocycles. The van der Waals surface area contributed by atoms with E-state index in [4.69, 9.17) is 10.00 Å². The van der Waals surface area contributed by atoms with Crippen LogP contribution in [0.3, 0.4) is 0 Å². The molecular weight excluding hydrogens is 288 g/mol. The summed E-state index contributed by atoms with van der Waals surface area (Å²) in [7, 11) is 0. The standard InChI is InChI=1S/C16H12N4O.C2H2/c1-12-2-6-14(7-3-12)20-11-18-16(19-20)13-4-8-15(9-5-13)21-10-17;1-2/h2-9,11H,1H3;1-2H. The second-order valence-electron chi connectivity index (χ2n) is 4.57. The Balaban J connectivity index is 0.000000924. The molecule has 1 aromatic heterocycles. The lowest BCUT2D eigenvalue weighted by atomic mass is 10.2. The van der Waals surface area contributed by atoms with Crippen molar-refractivity contribution < 1.29 is 4.74 Å². The molecule has 0 aliphatic carbocycles. The summed E-state index contributed by atoms with van der Waals surface area (Å²) in [5.41, 5.74) is 3.03. The minimum atomic E-state index is 0.499. The Hall–Kier alpha value is -3.57. The summed E-state index contributed by atoms with van der Waals surface area (Å²) in [6, 6.07) is 15.1. The first-order valence-electron chi connectivity index (χ1n) is 6.75. The Morgan fingerprint density at radius 1 is 1.04 bits per heavy atom. The number of nitriles is 1. The summed E-state index contributed by atoms with van der Waals surface area (Å²) in [5.74, 6) is 1.12. The molecule has 0 aliphatic rings. The van der Waals surface area contributed by atoms with Gasteiger partial charge in [0.15, 0.2) is 5.82 Å². The predicted molar refractivity (Wildman–Crippen MR) is 87.7 cm³/mol. The van der Waals surface area contributed by atoms with Crippen molar-refractivity contribution in [1.82, 2.24) is 14.8 Å². The highest BCUT2D eigenvalue weighted by Crippen LogP contribution is 2.19. The zero-order chi connectivity index (χ0) is 16.7. The smallest absolute Gasteiger partial charge is 0.292 e. The molecule has 1 heterocycles. The van der Waals surface area contributed by atoms with Crippen LogP contribution in [-0.2, 0) is 0 Å². The van der Waals surface area contributed by atoms with Crippen LogP contribution in [0.5, 0.6) is 5.75 Å². The number of benzene rings is 2. The number of hydrogen-bond donors (Lipinski definition) is 0. The van der Waals surface area contributed by atoms with Gasteiger partial charge in [0.1, 0.15) is 12.1 Å². The average Bonchev–Trinajstić information content (AvgIpc) is 3.08. The second-order valence-corrected chi connectivity index (χ2v) is 4.57. The molecular formula is C18H14N4O. The van der Waals surface area contributed by atoms with Crippen LogP contribution >= 0.6 is 0 Å². The lowest BCUT2D eigenvalue weighted by molar-refractivity contribution is 0.507. The molecule has 0 spiro atoms. The number of nitrogens with zero attached hydrogens (tertiary/aromatic N) is 4. The van der Waals surface area contributed by atoms with Crippen LogP contribution in [0, 0.1) is 31.3 Å². The first-order valence-corrected chi connectivity index (χ1v) is 6.75. The van der Waals surface area contributed by atoms with Crippen molar-refractivity contribution in [3.63, 3.8) is 0 Å². The van der Waals surface area contributed by atoms with Gasteiger partial charge in [-0.1, -0.05) is 17.7 Å². The van der Waals surface area contributed by atoms with Gasteiger partial charge >= 0.3 is 0 Å². The molecule has 3 rings (SSSR count). The van der Waals surface area contributed by atoms with Crippen LogP contribution in [-0.4, -0.2) is 14.8 Å². The van der Waals surface area contributed by atoms with Crippen LogP contribution in [0.15, 0.2) is 54.9 Å². The summed E-state index contributed by atoms with van der Waals surface area (Å²) in [6.07, 6.45) is 11.3. The number of ether oxygens (including phenoxy) is 1. The number of aromatic nitrogens is 3. The zero-order valence-electron chi connectivity index (χ0n) is 12.5. The van der Waals surface area contributed by atoms with Gasteiger partial charge in [0.25, 0.3) is 6.26 Å². The number of hydrogen-bond acceptors (Lipinski definition) is 4. The van der Waals surface area contributed by atoms with E-state index in [9.17, 15) is 0 Å². The van der Waals surface area contributed by atoms with E-state index in [1.54, 1.807) is 29.4 Å². The third-order valence-electron chi connectivity index (χ3n) is 3.07. The van der Waals surface area contributed by atoms with E-state index in [1.165, 1.54) is 5.56 Å². The fourth-order valence-corrected chi connectivity index (χ4v) is 1.94. The molecule has 23 heavy (non-hydrogen) atoms. The van der Waals surface area contributed by atoms with Gasteiger partial charge in [-0.05, 0) is 43.3 Å². The topological polar surface area (TPSA) is 63.7 Å². The molecule has 0 saturated carbocycles. The number of terminal acetylenes is 1. The average molecular weight is 302 g/mol. The number of aryl methyl sites for hydroxylation is 1. The van der Waals surface area contributed by atoms with Gasteiger partial charge < -0.3 is 4.74 Å². The number of rotatable bonds is 3. The van der Waals surface area contributed by atoms with Crippen molar-refractivity contribution in [2.45, 2.75) is 6.92 Å². The first-order chi connectivity index (χ1) is 11.3. The molecule has 0 unspecified atom stereocenters. The molecule has 0 bridgehead atoms. The maximum atomic E-state index is 8.45. The van der Waals surface area contributed by atoms with Crippen LogP contribution in [0.4, 0.5) is 0 Å². The van der Waals surface area contributed by atoms with Crippen molar-refractivity contribution in [2.24, 2.45) is 0 Å². The van der Waals surface area contributed by atoms with Crippen molar-refractivity contribution >= 4 is 0 Å². The van der Waals surface area contributed by atoms with Crippen molar-refractivity contribution in [3.05, 3.63) is 60.4 Å². The highest BCUT2D eigenvalue weighted by molar-refractivity contribution is 5.56. The molecule has 0 amide bonds. The van der Waals surface area contributed by atoms with Crippen LogP contribution in [0.25, 0.3) is 17.1 Å². The van der Waals surface area contributed by atoms with Gasteiger partial charge in [0.2, 0.25) is 0 Å². The van der Waals surface area contributed by atoms with Crippen LogP contribution in [0.1, 0.15) is 5.56 Å². The Labute approximate surface area is 134 Å². The summed E-state index contributed by atoms with van der Waals surface area (Å²) >= 11 is 0. The molecule has 0 fully saturated rings. The summed E-state index contributed by atoms with van der Waals surface area (Å²) in [4.78, 5) is 4.31. The van der Waals surface area contributed by atoms with Crippen molar-refractivity contribution in [3.8, 4) is 41.9 Å². The lowest BCUT2D eigenvalue weighted by Gasteiger charge is -2.00. The maximum absolute atomic E-state index is 8.45. The largest absolute Gasteiger partial charge is 0.388 e. The Morgan fingerprint density at radius 2 is 1.70 bits per heavy atom. The van der Waals surface area contributed by atoms with Crippen molar-refractivity contribution in [1.29, 1.82) is 5.26 Å². The SMILES string of the molecule is C#C.Cc1ccc(-n2cnc(-c3ccc(OC#N)cc3)n2)cc1. The summed E-state index contributed by atoms with van der Waals surface area (Å²) in [5, 5.41) is 12.9. The molecule has 0 radical (unpaired) electrons. The Bertz CT molecular complexity index is 824. The fourth-order valence-electron chi connectivity index (χ4n) is 1.94. The van der Waals surface area contributed by atoms with E-state index in [0.717, 1.165) is 11.3 Å². The zero-order valence-corrected chi connectivity index (χ0v) is 12.5. The predicted octanol–water partition coefficient (Wildman–Crippen LogP) is 3.35. The molecule has 5 heteroatoms. The lowest BCUT2D eigenvalue weighted by Crippen LogP contribution is -1.94. The highest BCUT2D eigenvalue weighted by atomic mass is 16.5. The molecule has 2 aromatic carbocycles. The molecule has 0 atom stereocenters. The molecule has 5 nitrogen and oxygen atoms in total. The quantitative estimate of drug-likeness (QED) is 0.550. The fraction of sp³-hybridized carbons (Fsp3) is 0.0556. The van der Waals surface area contributed by atoms with E-state index in [0.29, 0.717) is 11.6 Å². The Kier molecular flexibility index (Phi) is 5.12. The monoisotopic (exact) mass is 302 g/mol. The van der Waals surface area contributed by atoms with Gasteiger partial charge in [-0.15, -0.1) is 23.2 Å².